The number of nitrogens with zero attached hydrogens (tertiary/aromatic N) is 1. The minimum atomic E-state index is -2.86. The standard InChI is InChI=1S/C8H17NO2S/c1-3-8(2)7-9-5-4-6-12(9,10)11/h8H,3-7H2,1-2H3. The molecule has 0 spiro atoms. The van der Waals surface area contributed by atoms with Crippen molar-refractivity contribution in [1.82, 2.24) is 4.31 Å². The molecule has 1 atom stereocenters. The molecule has 0 amide bonds. The third-order valence-electron chi connectivity index (χ3n) is 2.42. The van der Waals surface area contributed by atoms with Gasteiger partial charge in [-0.05, 0) is 12.3 Å². The smallest absolute Gasteiger partial charge is 0.212 e. The van der Waals surface area contributed by atoms with Crippen molar-refractivity contribution in [3.63, 3.8) is 0 Å². The van der Waals surface area contributed by atoms with Crippen LogP contribution >= 0.6 is 0 Å². The van der Waals surface area contributed by atoms with E-state index in [4.69, 9.17) is 0 Å². The van der Waals surface area contributed by atoms with Crippen LogP contribution in [0.2, 0.25) is 0 Å². The van der Waals surface area contributed by atoms with Crippen molar-refractivity contribution in [2.45, 2.75) is 26.7 Å². The van der Waals surface area contributed by atoms with Gasteiger partial charge in [-0.15, -0.1) is 0 Å². The van der Waals surface area contributed by atoms with Crippen LogP contribution in [0.1, 0.15) is 26.7 Å². The van der Waals surface area contributed by atoms with Gasteiger partial charge in [0.2, 0.25) is 10.0 Å². The van der Waals surface area contributed by atoms with E-state index < -0.39 is 10.0 Å². The Hall–Kier alpha value is -0.0900. The second-order valence-corrected chi connectivity index (χ2v) is 5.63. The van der Waals surface area contributed by atoms with Crippen LogP contribution in [0.15, 0.2) is 0 Å². The Labute approximate surface area is 74.8 Å². The van der Waals surface area contributed by atoms with Gasteiger partial charge in [-0.1, -0.05) is 20.3 Å². The van der Waals surface area contributed by atoms with E-state index in [9.17, 15) is 8.42 Å². The summed E-state index contributed by atoms with van der Waals surface area (Å²) in [5.41, 5.74) is 0. The van der Waals surface area contributed by atoms with Crippen molar-refractivity contribution in [3.8, 4) is 0 Å². The van der Waals surface area contributed by atoms with E-state index in [1.807, 2.05) is 0 Å². The van der Waals surface area contributed by atoms with Crippen LogP contribution in [0.3, 0.4) is 0 Å². The van der Waals surface area contributed by atoms with Crippen LogP contribution in [0.5, 0.6) is 0 Å². The van der Waals surface area contributed by atoms with E-state index in [1.165, 1.54) is 0 Å². The summed E-state index contributed by atoms with van der Waals surface area (Å²) >= 11 is 0. The first-order chi connectivity index (χ1) is 5.56. The molecule has 1 aliphatic rings. The SMILES string of the molecule is CCC(C)CN1CCCS1(=O)=O. The predicted molar refractivity (Wildman–Crippen MR) is 49.4 cm³/mol. The van der Waals surface area contributed by atoms with Gasteiger partial charge in [0, 0.05) is 13.1 Å². The maximum absolute atomic E-state index is 11.3. The molecule has 1 aliphatic heterocycles. The normalized spacial score (nSPS) is 25.8. The van der Waals surface area contributed by atoms with Crippen LogP contribution < -0.4 is 0 Å². The Morgan fingerprint density at radius 3 is 2.58 bits per heavy atom. The minimum Gasteiger partial charge on any atom is -0.212 e. The molecule has 0 radical (unpaired) electrons. The summed E-state index contributed by atoms with van der Waals surface area (Å²) in [6.45, 7) is 5.62. The Morgan fingerprint density at radius 1 is 1.50 bits per heavy atom. The molecular formula is C8H17NO2S. The summed E-state index contributed by atoms with van der Waals surface area (Å²) in [6, 6.07) is 0. The van der Waals surface area contributed by atoms with Crippen molar-refractivity contribution in [2.75, 3.05) is 18.8 Å². The third-order valence-corrected chi connectivity index (χ3v) is 4.34. The lowest BCUT2D eigenvalue weighted by Crippen LogP contribution is -2.30. The molecule has 4 heteroatoms. The minimum absolute atomic E-state index is 0.351. The van der Waals surface area contributed by atoms with Gasteiger partial charge >= 0.3 is 0 Å². The molecule has 12 heavy (non-hydrogen) atoms. The Morgan fingerprint density at radius 2 is 2.17 bits per heavy atom. The summed E-state index contributed by atoms with van der Waals surface area (Å²) in [5, 5.41) is 0. The van der Waals surface area contributed by atoms with Crippen molar-refractivity contribution in [1.29, 1.82) is 0 Å². The molecule has 1 fully saturated rings. The van der Waals surface area contributed by atoms with Gasteiger partial charge < -0.3 is 0 Å². The van der Waals surface area contributed by atoms with Crippen LogP contribution in [0.4, 0.5) is 0 Å². The van der Waals surface area contributed by atoms with Crippen molar-refractivity contribution in [2.24, 2.45) is 5.92 Å². The molecule has 0 aromatic carbocycles. The molecule has 1 unspecified atom stereocenters. The van der Waals surface area contributed by atoms with Crippen LogP contribution in [-0.4, -0.2) is 31.6 Å². The van der Waals surface area contributed by atoms with Gasteiger partial charge in [-0.2, -0.15) is 0 Å². The lowest BCUT2D eigenvalue weighted by molar-refractivity contribution is 0.371. The molecule has 1 saturated heterocycles. The summed E-state index contributed by atoms with van der Waals surface area (Å²) in [6.07, 6.45) is 1.85. The third kappa shape index (κ3) is 2.20. The summed E-state index contributed by atoms with van der Waals surface area (Å²) < 4.78 is 24.3. The van der Waals surface area contributed by atoms with Gasteiger partial charge in [0.05, 0.1) is 5.75 Å². The highest BCUT2D eigenvalue weighted by molar-refractivity contribution is 7.89. The zero-order valence-corrected chi connectivity index (χ0v) is 8.60. The van der Waals surface area contributed by atoms with E-state index in [0.29, 0.717) is 18.2 Å². The van der Waals surface area contributed by atoms with E-state index in [2.05, 4.69) is 13.8 Å². The zero-order chi connectivity index (χ0) is 9.19. The largest absolute Gasteiger partial charge is 0.214 e. The number of hydrogen-bond donors (Lipinski definition) is 0. The Bertz CT molecular complexity index is 235. The van der Waals surface area contributed by atoms with E-state index in [-0.39, 0.29) is 0 Å². The number of rotatable bonds is 3. The second-order valence-electron chi connectivity index (χ2n) is 3.54. The lowest BCUT2D eigenvalue weighted by atomic mass is 10.1. The number of hydrogen-bond acceptors (Lipinski definition) is 2. The van der Waals surface area contributed by atoms with Gasteiger partial charge in [0.1, 0.15) is 0 Å². The van der Waals surface area contributed by atoms with E-state index in [0.717, 1.165) is 19.4 Å². The Balaban J connectivity index is 2.53. The molecule has 0 aliphatic carbocycles. The molecular weight excluding hydrogens is 174 g/mol. The fourth-order valence-corrected chi connectivity index (χ4v) is 3.01. The summed E-state index contributed by atoms with van der Waals surface area (Å²) in [4.78, 5) is 0. The van der Waals surface area contributed by atoms with Crippen LogP contribution in [0.25, 0.3) is 0 Å². The topological polar surface area (TPSA) is 37.4 Å². The van der Waals surface area contributed by atoms with Gasteiger partial charge in [0.25, 0.3) is 0 Å². The molecule has 72 valence electrons. The van der Waals surface area contributed by atoms with Crippen LogP contribution in [0, 0.1) is 5.92 Å². The molecule has 0 saturated carbocycles. The van der Waals surface area contributed by atoms with Gasteiger partial charge in [0.15, 0.2) is 0 Å². The predicted octanol–water partition coefficient (Wildman–Crippen LogP) is 1.07. The van der Waals surface area contributed by atoms with E-state index in [1.54, 1.807) is 4.31 Å². The summed E-state index contributed by atoms with van der Waals surface area (Å²) in [7, 11) is -2.86. The maximum Gasteiger partial charge on any atom is 0.214 e. The fourth-order valence-electron chi connectivity index (χ4n) is 1.37. The van der Waals surface area contributed by atoms with Gasteiger partial charge in [-0.25, -0.2) is 12.7 Å². The van der Waals surface area contributed by atoms with Crippen molar-refractivity contribution >= 4 is 10.0 Å². The molecule has 1 rings (SSSR count). The van der Waals surface area contributed by atoms with Crippen molar-refractivity contribution in [3.05, 3.63) is 0 Å². The van der Waals surface area contributed by atoms with Crippen molar-refractivity contribution < 1.29 is 8.42 Å². The molecule has 0 aromatic rings. The highest BCUT2D eigenvalue weighted by Crippen LogP contribution is 2.16. The Kier molecular flexibility index (Phi) is 3.12. The first kappa shape index (κ1) is 9.99. The first-order valence-electron chi connectivity index (χ1n) is 4.54. The highest BCUT2D eigenvalue weighted by atomic mass is 32.2. The molecule has 0 aromatic heterocycles. The number of sulfonamides is 1. The zero-order valence-electron chi connectivity index (χ0n) is 7.78. The van der Waals surface area contributed by atoms with Crippen LogP contribution in [-0.2, 0) is 10.0 Å². The molecule has 0 bridgehead atoms. The first-order valence-corrected chi connectivity index (χ1v) is 6.15. The lowest BCUT2D eigenvalue weighted by Gasteiger charge is -2.17. The fraction of sp³-hybridized carbons (Fsp3) is 1.00. The molecule has 3 nitrogen and oxygen atoms in total. The van der Waals surface area contributed by atoms with E-state index >= 15 is 0 Å². The quantitative estimate of drug-likeness (QED) is 0.669. The van der Waals surface area contributed by atoms with Gasteiger partial charge in [-0.3, -0.25) is 0 Å². The highest BCUT2D eigenvalue weighted by Gasteiger charge is 2.28. The average Bonchev–Trinajstić information content (AvgIpc) is 2.31. The molecule has 0 N–H and O–H groups in total. The summed E-state index contributed by atoms with van der Waals surface area (Å²) in [5.74, 6) is 0.835. The maximum atomic E-state index is 11.3. The second kappa shape index (κ2) is 3.75. The average molecular weight is 191 g/mol. The molecule has 1 heterocycles. The monoisotopic (exact) mass is 191 g/mol.